The Morgan fingerprint density at radius 2 is 1.79 bits per heavy atom. The summed E-state index contributed by atoms with van der Waals surface area (Å²) in [6.45, 7) is 8.83. The molecule has 6 heteroatoms. The maximum Gasteiger partial charge on any atom is 0.242 e. The lowest BCUT2D eigenvalue weighted by atomic mass is 9.86. The van der Waals surface area contributed by atoms with Crippen molar-refractivity contribution in [3.05, 3.63) is 23.5 Å². The first kappa shape index (κ1) is 16.4. The number of rotatable bonds is 6. The van der Waals surface area contributed by atoms with Gasteiger partial charge in [-0.2, -0.15) is 0 Å². The Morgan fingerprint density at radius 1 is 1.21 bits per heavy atom. The van der Waals surface area contributed by atoms with Gasteiger partial charge in [0.05, 0.1) is 0 Å². The zero-order valence-corrected chi connectivity index (χ0v) is 13.3. The topological polar surface area (TPSA) is 59.1 Å². The molecule has 0 radical (unpaired) electrons. The summed E-state index contributed by atoms with van der Waals surface area (Å²) in [4.78, 5) is 3.93. The van der Waals surface area contributed by atoms with E-state index in [1.54, 1.807) is 0 Å². The third kappa shape index (κ3) is 4.75. The van der Waals surface area contributed by atoms with E-state index in [2.05, 4.69) is 37.4 Å². The van der Waals surface area contributed by atoms with Crippen LogP contribution in [0.2, 0.25) is 5.15 Å². The van der Waals surface area contributed by atoms with Crippen molar-refractivity contribution in [1.82, 2.24) is 9.71 Å². The molecule has 0 saturated heterocycles. The summed E-state index contributed by atoms with van der Waals surface area (Å²) < 4.78 is 26.8. The van der Waals surface area contributed by atoms with E-state index in [1.165, 1.54) is 18.3 Å². The van der Waals surface area contributed by atoms with E-state index in [0.29, 0.717) is 24.3 Å². The van der Waals surface area contributed by atoms with Crippen LogP contribution in [0.15, 0.2) is 23.2 Å². The van der Waals surface area contributed by atoms with Crippen molar-refractivity contribution in [3.63, 3.8) is 0 Å². The first-order valence-electron chi connectivity index (χ1n) is 6.35. The fraction of sp³-hybridized carbons (Fsp3) is 0.615. The van der Waals surface area contributed by atoms with Gasteiger partial charge in [0.2, 0.25) is 10.0 Å². The minimum absolute atomic E-state index is 0.142. The summed E-state index contributed by atoms with van der Waals surface area (Å²) in [5.74, 6) is 1.15. The van der Waals surface area contributed by atoms with E-state index < -0.39 is 10.0 Å². The monoisotopic (exact) mass is 304 g/mol. The Hall–Kier alpha value is -0.650. The summed E-state index contributed by atoms with van der Waals surface area (Å²) >= 11 is 5.65. The van der Waals surface area contributed by atoms with Gasteiger partial charge in [-0.15, -0.1) is 0 Å². The quantitative estimate of drug-likeness (QED) is 0.822. The van der Waals surface area contributed by atoms with Crippen LogP contribution in [0.4, 0.5) is 0 Å². The SMILES string of the molecule is CC(C)C(CNS(=O)(=O)c1ccc(Cl)nc1)C(C)C. The minimum atomic E-state index is -3.51. The number of hydrogen-bond donors (Lipinski definition) is 1. The molecule has 108 valence electrons. The van der Waals surface area contributed by atoms with Gasteiger partial charge in [-0.25, -0.2) is 18.1 Å². The summed E-state index contributed by atoms with van der Waals surface area (Å²) in [6, 6.07) is 2.93. The third-order valence-electron chi connectivity index (χ3n) is 3.23. The van der Waals surface area contributed by atoms with E-state index >= 15 is 0 Å². The van der Waals surface area contributed by atoms with Crippen LogP contribution in [0.3, 0.4) is 0 Å². The molecule has 1 heterocycles. The molecule has 1 rings (SSSR count). The van der Waals surface area contributed by atoms with Crippen molar-refractivity contribution in [2.24, 2.45) is 17.8 Å². The average Bonchev–Trinajstić information content (AvgIpc) is 2.28. The number of sulfonamides is 1. The molecule has 19 heavy (non-hydrogen) atoms. The molecule has 0 fully saturated rings. The lowest BCUT2D eigenvalue weighted by Gasteiger charge is -2.24. The molecule has 0 saturated carbocycles. The largest absolute Gasteiger partial charge is 0.243 e. The molecule has 0 aliphatic heterocycles. The molecule has 0 amide bonds. The molecule has 0 spiro atoms. The molecule has 0 bridgehead atoms. The molecule has 4 nitrogen and oxygen atoms in total. The van der Waals surface area contributed by atoms with Crippen molar-refractivity contribution in [2.75, 3.05) is 6.54 Å². The Kier molecular flexibility index (Phi) is 5.77. The highest BCUT2D eigenvalue weighted by molar-refractivity contribution is 7.89. The second kappa shape index (κ2) is 6.68. The molecular weight excluding hydrogens is 284 g/mol. The lowest BCUT2D eigenvalue weighted by molar-refractivity contribution is 0.289. The Balaban J connectivity index is 2.78. The maximum atomic E-state index is 12.1. The molecule has 1 aromatic heterocycles. The first-order valence-corrected chi connectivity index (χ1v) is 8.21. The van der Waals surface area contributed by atoms with Gasteiger partial charge in [-0.3, -0.25) is 0 Å². The Morgan fingerprint density at radius 3 is 2.21 bits per heavy atom. The van der Waals surface area contributed by atoms with Crippen LogP contribution in [0, 0.1) is 17.8 Å². The number of nitrogens with one attached hydrogen (secondary N) is 1. The number of hydrogen-bond acceptors (Lipinski definition) is 3. The van der Waals surface area contributed by atoms with Crippen molar-refractivity contribution in [3.8, 4) is 0 Å². The van der Waals surface area contributed by atoms with E-state index in [0.717, 1.165) is 0 Å². The van der Waals surface area contributed by atoms with Crippen molar-refractivity contribution in [2.45, 2.75) is 32.6 Å². The second-order valence-electron chi connectivity index (χ2n) is 5.32. The van der Waals surface area contributed by atoms with Gasteiger partial charge < -0.3 is 0 Å². The van der Waals surface area contributed by atoms with E-state index in [-0.39, 0.29) is 10.0 Å². The van der Waals surface area contributed by atoms with Crippen LogP contribution in [0.25, 0.3) is 0 Å². The summed E-state index contributed by atoms with van der Waals surface area (Å²) in [5.41, 5.74) is 0. The fourth-order valence-electron chi connectivity index (χ4n) is 2.05. The van der Waals surface area contributed by atoms with E-state index in [1.807, 2.05) is 0 Å². The van der Waals surface area contributed by atoms with Crippen LogP contribution in [0.5, 0.6) is 0 Å². The number of aromatic nitrogens is 1. The van der Waals surface area contributed by atoms with Crippen molar-refractivity contribution >= 4 is 21.6 Å². The van der Waals surface area contributed by atoms with Crippen LogP contribution in [0.1, 0.15) is 27.7 Å². The smallest absolute Gasteiger partial charge is 0.242 e. The standard InChI is InChI=1S/C13H21ClN2O2S/c1-9(2)12(10(3)4)8-16-19(17,18)11-5-6-13(14)15-7-11/h5-7,9-10,12,16H,8H2,1-4H3. The molecule has 1 N–H and O–H groups in total. The molecular formula is C13H21ClN2O2S. The molecule has 1 aromatic rings. The Labute approximate surface area is 120 Å². The molecule has 0 aliphatic carbocycles. The molecule has 0 aromatic carbocycles. The number of nitrogens with zero attached hydrogens (tertiary/aromatic N) is 1. The molecule has 0 aliphatic rings. The van der Waals surface area contributed by atoms with Crippen molar-refractivity contribution in [1.29, 1.82) is 0 Å². The first-order chi connectivity index (χ1) is 8.74. The highest BCUT2D eigenvalue weighted by Crippen LogP contribution is 2.20. The van der Waals surface area contributed by atoms with Crippen LogP contribution in [-0.2, 0) is 10.0 Å². The van der Waals surface area contributed by atoms with E-state index in [9.17, 15) is 8.42 Å². The van der Waals surface area contributed by atoms with Gasteiger partial charge in [-0.1, -0.05) is 39.3 Å². The molecule has 0 unspecified atom stereocenters. The summed E-state index contributed by atoms with van der Waals surface area (Å²) in [6.07, 6.45) is 1.27. The minimum Gasteiger partial charge on any atom is -0.243 e. The predicted molar refractivity (Wildman–Crippen MR) is 77.6 cm³/mol. The molecule has 0 atom stereocenters. The normalized spacial score (nSPS) is 12.6. The van der Waals surface area contributed by atoms with Gasteiger partial charge >= 0.3 is 0 Å². The van der Waals surface area contributed by atoms with E-state index in [4.69, 9.17) is 11.6 Å². The second-order valence-corrected chi connectivity index (χ2v) is 7.47. The van der Waals surface area contributed by atoms with Crippen LogP contribution < -0.4 is 4.72 Å². The van der Waals surface area contributed by atoms with Crippen LogP contribution >= 0.6 is 11.6 Å². The fourth-order valence-corrected chi connectivity index (χ4v) is 3.18. The third-order valence-corrected chi connectivity index (χ3v) is 4.86. The zero-order chi connectivity index (χ0) is 14.6. The van der Waals surface area contributed by atoms with Gasteiger partial charge in [0.1, 0.15) is 10.0 Å². The summed E-state index contributed by atoms with van der Waals surface area (Å²) in [5, 5.41) is 0.279. The highest BCUT2D eigenvalue weighted by Gasteiger charge is 2.21. The number of pyridine rings is 1. The highest BCUT2D eigenvalue weighted by atomic mass is 35.5. The predicted octanol–water partition coefficient (Wildman–Crippen LogP) is 2.94. The summed E-state index contributed by atoms with van der Waals surface area (Å²) in [7, 11) is -3.51. The lowest BCUT2D eigenvalue weighted by Crippen LogP contribution is -2.34. The van der Waals surface area contributed by atoms with Gasteiger partial charge in [-0.05, 0) is 29.9 Å². The van der Waals surface area contributed by atoms with Crippen molar-refractivity contribution < 1.29 is 8.42 Å². The van der Waals surface area contributed by atoms with Gasteiger partial charge in [0, 0.05) is 12.7 Å². The van der Waals surface area contributed by atoms with Gasteiger partial charge in [0.25, 0.3) is 0 Å². The van der Waals surface area contributed by atoms with Gasteiger partial charge in [0.15, 0.2) is 0 Å². The average molecular weight is 305 g/mol. The zero-order valence-electron chi connectivity index (χ0n) is 11.7. The number of halogens is 1. The maximum absolute atomic E-state index is 12.1. The van der Waals surface area contributed by atoms with Crippen LogP contribution in [-0.4, -0.2) is 19.9 Å². The Bertz CT molecular complexity index is 490.